The second kappa shape index (κ2) is 4.26. The molecule has 3 heterocycles. The smallest absolute Gasteiger partial charge is 0.330 e. The maximum atomic E-state index is 11.9. The van der Waals surface area contributed by atoms with Crippen LogP contribution in [0.4, 0.5) is 0 Å². The van der Waals surface area contributed by atoms with E-state index in [0.717, 1.165) is 0 Å². The van der Waals surface area contributed by atoms with E-state index in [0.29, 0.717) is 12.1 Å². The molecule has 20 heavy (non-hydrogen) atoms. The van der Waals surface area contributed by atoms with Gasteiger partial charge in [0.1, 0.15) is 11.7 Å². The van der Waals surface area contributed by atoms with Gasteiger partial charge in [0, 0.05) is 18.3 Å². The van der Waals surface area contributed by atoms with Crippen LogP contribution < -0.4 is 11.2 Å². The van der Waals surface area contributed by atoms with Crippen LogP contribution >= 0.6 is 0 Å². The first-order chi connectivity index (χ1) is 9.38. The highest BCUT2D eigenvalue weighted by Gasteiger charge is 2.63. The molecule has 0 saturated carbocycles. The normalized spacial score (nSPS) is 36.7. The lowest BCUT2D eigenvalue weighted by Gasteiger charge is -2.32. The fraction of sp³-hybridized carbons (Fsp3) is 0.667. The fourth-order valence-corrected chi connectivity index (χ4v) is 3.16. The summed E-state index contributed by atoms with van der Waals surface area (Å²) < 4.78 is 6.95. The molecular formula is C12H17N3O5. The molecule has 3 N–H and O–H groups in total. The summed E-state index contributed by atoms with van der Waals surface area (Å²) in [4.78, 5) is 27.4. The van der Waals surface area contributed by atoms with Crippen LogP contribution in [0.3, 0.4) is 0 Å². The number of hydrogen-bond donors (Lipinski definition) is 3. The minimum atomic E-state index is -1.40. The maximum absolute atomic E-state index is 11.9. The van der Waals surface area contributed by atoms with Gasteiger partial charge in [-0.25, -0.2) is 4.79 Å². The van der Waals surface area contributed by atoms with E-state index in [1.807, 2.05) is 4.90 Å². The quantitative estimate of drug-likeness (QED) is 0.567. The van der Waals surface area contributed by atoms with Gasteiger partial charge < -0.3 is 14.9 Å². The summed E-state index contributed by atoms with van der Waals surface area (Å²) >= 11 is 0. The predicted molar refractivity (Wildman–Crippen MR) is 68.4 cm³/mol. The van der Waals surface area contributed by atoms with Crippen LogP contribution in [-0.2, 0) is 4.74 Å². The number of ether oxygens (including phenoxy) is 1. The van der Waals surface area contributed by atoms with Crippen molar-refractivity contribution in [1.29, 1.82) is 0 Å². The molecule has 110 valence electrons. The Labute approximate surface area is 114 Å². The van der Waals surface area contributed by atoms with Crippen molar-refractivity contribution in [3.63, 3.8) is 0 Å². The average Bonchev–Trinajstić information content (AvgIpc) is 2.81. The number of rotatable bonds is 2. The molecule has 8 heteroatoms. The van der Waals surface area contributed by atoms with Gasteiger partial charge in [-0.3, -0.25) is 19.2 Å². The van der Waals surface area contributed by atoms with E-state index in [4.69, 9.17) is 4.74 Å². The summed E-state index contributed by atoms with van der Waals surface area (Å²) in [5, 5.41) is 20.0. The maximum Gasteiger partial charge on any atom is 0.330 e. The van der Waals surface area contributed by atoms with Gasteiger partial charge in [-0.1, -0.05) is 0 Å². The number of H-pyrrole nitrogens is 1. The zero-order valence-electron chi connectivity index (χ0n) is 11.2. The van der Waals surface area contributed by atoms with Crippen LogP contribution in [0.1, 0.15) is 11.8 Å². The number of morpholine rings is 1. The van der Waals surface area contributed by atoms with Crippen molar-refractivity contribution in [1.82, 2.24) is 14.5 Å². The number of likely N-dealkylation sites (N-methyl/N-ethyl adjacent to an activating group) is 1. The highest BCUT2D eigenvalue weighted by atomic mass is 16.6. The molecule has 2 bridgehead atoms. The molecule has 1 aromatic rings. The highest BCUT2D eigenvalue weighted by Crippen LogP contribution is 2.44. The molecule has 3 rings (SSSR count). The lowest BCUT2D eigenvalue weighted by molar-refractivity contribution is -0.0794. The monoisotopic (exact) mass is 283 g/mol. The molecule has 0 unspecified atom stereocenters. The Hall–Kier alpha value is -1.48. The van der Waals surface area contributed by atoms with E-state index in [1.54, 1.807) is 14.0 Å². The number of aryl methyl sites for hydroxylation is 1. The molecule has 2 aliphatic rings. The van der Waals surface area contributed by atoms with Crippen LogP contribution in [0.2, 0.25) is 0 Å². The van der Waals surface area contributed by atoms with E-state index < -0.39 is 41.8 Å². The van der Waals surface area contributed by atoms with Gasteiger partial charge in [0.25, 0.3) is 5.56 Å². The number of aromatic amines is 1. The molecule has 0 spiro atoms. The summed E-state index contributed by atoms with van der Waals surface area (Å²) in [6, 6.07) is -0.541. The molecule has 0 radical (unpaired) electrons. The number of fused-ring (bicyclic) bond motifs is 2. The van der Waals surface area contributed by atoms with E-state index in [-0.39, 0.29) is 0 Å². The van der Waals surface area contributed by atoms with Crippen molar-refractivity contribution in [3.05, 3.63) is 32.6 Å². The Morgan fingerprint density at radius 2 is 2.25 bits per heavy atom. The number of aliphatic hydroxyl groups excluding tert-OH is 1. The highest BCUT2D eigenvalue weighted by molar-refractivity contribution is 5.14. The van der Waals surface area contributed by atoms with Gasteiger partial charge in [-0.2, -0.15) is 0 Å². The summed E-state index contributed by atoms with van der Waals surface area (Å²) in [7, 11) is 1.80. The average molecular weight is 283 g/mol. The fourth-order valence-electron chi connectivity index (χ4n) is 3.16. The largest absolute Gasteiger partial charge is 0.393 e. The van der Waals surface area contributed by atoms with Crippen molar-refractivity contribution in [2.75, 3.05) is 20.2 Å². The van der Waals surface area contributed by atoms with Gasteiger partial charge >= 0.3 is 5.69 Å². The number of likely N-dealkylation sites (tertiary alicyclic amines) is 1. The summed E-state index contributed by atoms with van der Waals surface area (Å²) in [5.41, 5.74) is -2.05. The summed E-state index contributed by atoms with van der Waals surface area (Å²) in [5.74, 6) is 0. The lowest BCUT2D eigenvalue weighted by Crippen LogP contribution is -2.50. The first-order valence-corrected chi connectivity index (χ1v) is 6.39. The second-order valence-electron chi connectivity index (χ2n) is 5.53. The van der Waals surface area contributed by atoms with Gasteiger partial charge in [-0.05, 0) is 14.0 Å². The molecule has 2 fully saturated rings. The van der Waals surface area contributed by atoms with Crippen molar-refractivity contribution in [2.24, 2.45) is 0 Å². The number of nitrogens with one attached hydrogen (secondary N) is 1. The summed E-state index contributed by atoms with van der Waals surface area (Å²) in [6.07, 6.45) is 0.114. The minimum absolute atomic E-state index is 0.381. The van der Waals surface area contributed by atoms with Crippen molar-refractivity contribution in [3.8, 4) is 0 Å². The first kappa shape index (κ1) is 13.5. The van der Waals surface area contributed by atoms with Crippen molar-refractivity contribution < 1.29 is 14.9 Å². The van der Waals surface area contributed by atoms with Gasteiger partial charge in [-0.15, -0.1) is 0 Å². The molecule has 0 aromatic carbocycles. The van der Waals surface area contributed by atoms with Crippen LogP contribution in [0.5, 0.6) is 0 Å². The van der Waals surface area contributed by atoms with Crippen LogP contribution in [0.15, 0.2) is 15.8 Å². The lowest BCUT2D eigenvalue weighted by atomic mass is 9.95. The third-order valence-corrected chi connectivity index (χ3v) is 4.25. The number of aliphatic hydroxyl groups is 2. The van der Waals surface area contributed by atoms with E-state index in [1.165, 1.54) is 10.8 Å². The Kier molecular flexibility index (Phi) is 2.87. The standard InChI is InChI=1S/C12H17N3O5/c1-6-3-15(11(18)13-9(6)17)10-8-12(19,5-16)7(20-10)4-14(8)2/h3,7-8,10,16,19H,4-5H2,1-2H3,(H,13,17,18)/t7-,8+,10-,12+/m1/s1. The Bertz CT molecular complexity index is 653. The van der Waals surface area contributed by atoms with Crippen LogP contribution in [0, 0.1) is 6.92 Å². The van der Waals surface area contributed by atoms with E-state index in [9.17, 15) is 19.8 Å². The third-order valence-electron chi connectivity index (χ3n) is 4.25. The molecule has 8 nitrogen and oxygen atoms in total. The molecule has 0 amide bonds. The van der Waals surface area contributed by atoms with Crippen molar-refractivity contribution >= 4 is 0 Å². The topological polar surface area (TPSA) is 108 Å². The van der Waals surface area contributed by atoms with Crippen molar-refractivity contribution in [2.45, 2.75) is 30.9 Å². The second-order valence-corrected chi connectivity index (χ2v) is 5.53. The zero-order valence-corrected chi connectivity index (χ0v) is 11.2. The zero-order chi connectivity index (χ0) is 14.7. The van der Waals surface area contributed by atoms with Gasteiger partial charge in [0.05, 0.1) is 12.6 Å². The third kappa shape index (κ3) is 1.62. The molecule has 0 aliphatic carbocycles. The molecule has 4 atom stereocenters. The van der Waals surface area contributed by atoms with Gasteiger partial charge in [0.15, 0.2) is 6.23 Å². The van der Waals surface area contributed by atoms with Crippen LogP contribution in [0.25, 0.3) is 0 Å². The molecule has 2 saturated heterocycles. The number of aromatic nitrogens is 2. The molecular weight excluding hydrogens is 266 g/mol. The minimum Gasteiger partial charge on any atom is -0.393 e. The number of nitrogens with zero attached hydrogens (tertiary/aromatic N) is 2. The Balaban J connectivity index is 2.08. The molecule has 1 aromatic heterocycles. The number of hydrogen-bond acceptors (Lipinski definition) is 6. The first-order valence-electron chi connectivity index (χ1n) is 6.39. The van der Waals surface area contributed by atoms with E-state index >= 15 is 0 Å². The Morgan fingerprint density at radius 3 is 2.85 bits per heavy atom. The Morgan fingerprint density at radius 1 is 1.55 bits per heavy atom. The predicted octanol–water partition coefficient (Wildman–Crippen LogP) is -2.22. The molecule has 2 aliphatic heterocycles. The SMILES string of the molecule is Cc1cn([C@@H]2O[C@@H]3CN(C)[C@@H]2[C@]3(O)CO)c(=O)[nH]c1=O. The van der Waals surface area contributed by atoms with Gasteiger partial charge in [0.2, 0.25) is 0 Å². The van der Waals surface area contributed by atoms with Crippen LogP contribution in [-0.4, -0.2) is 62.6 Å². The van der Waals surface area contributed by atoms with E-state index in [2.05, 4.69) is 4.98 Å². The summed E-state index contributed by atoms with van der Waals surface area (Å²) in [6.45, 7) is 1.62.